The van der Waals surface area contributed by atoms with Crippen LogP contribution in [0.3, 0.4) is 0 Å². The molecule has 1 aromatic rings. The van der Waals surface area contributed by atoms with Crippen molar-refractivity contribution in [2.45, 2.75) is 18.2 Å². The highest BCUT2D eigenvalue weighted by Gasteiger charge is 2.61. The first-order valence-corrected chi connectivity index (χ1v) is 7.10. The normalized spacial score (nSPS) is 23.6. The minimum Gasteiger partial charge on any atom is -0.428 e. The van der Waals surface area contributed by atoms with Gasteiger partial charge in [0.1, 0.15) is 0 Å². The van der Waals surface area contributed by atoms with Gasteiger partial charge < -0.3 is 10.1 Å². The maximum Gasteiger partial charge on any atom is 0.432 e. The van der Waals surface area contributed by atoms with Gasteiger partial charge in [-0.15, -0.1) is 0 Å². The number of allylic oxidation sites excluding steroid dienone is 2. The SMILES string of the molecule is CNC(=O)OC1(C(F)(F)F)C=CC=CC1Cc1cnccc1Cl. The van der Waals surface area contributed by atoms with Crippen molar-refractivity contribution < 1.29 is 22.7 Å². The second-order valence-electron chi connectivity index (χ2n) is 4.95. The summed E-state index contributed by atoms with van der Waals surface area (Å²) in [4.78, 5) is 15.3. The van der Waals surface area contributed by atoms with Crippen molar-refractivity contribution in [1.82, 2.24) is 10.3 Å². The summed E-state index contributed by atoms with van der Waals surface area (Å²) in [6.07, 6.45) is 1.69. The molecular weight excluding hydrogens is 333 g/mol. The Hall–Kier alpha value is -2.02. The number of aromatic nitrogens is 1. The van der Waals surface area contributed by atoms with Gasteiger partial charge in [-0.1, -0.05) is 29.8 Å². The van der Waals surface area contributed by atoms with Crippen molar-refractivity contribution in [2.75, 3.05) is 7.05 Å². The fraction of sp³-hybridized carbons (Fsp3) is 0.333. The summed E-state index contributed by atoms with van der Waals surface area (Å²) in [7, 11) is 1.20. The van der Waals surface area contributed by atoms with E-state index in [0.29, 0.717) is 10.6 Å². The highest BCUT2D eigenvalue weighted by molar-refractivity contribution is 6.31. The Morgan fingerprint density at radius 1 is 1.48 bits per heavy atom. The molecular formula is C15H14ClF3N2O2. The van der Waals surface area contributed by atoms with Gasteiger partial charge in [0.05, 0.1) is 0 Å². The second kappa shape index (κ2) is 6.62. The molecule has 1 aromatic heterocycles. The molecule has 0 fully saturated rings. The molecule has 0 bridgehead atoms. The van der Waals surface area contributed by atoms with Gasteiger partial charge in [0.15, 0.2) is 0 Å². The van der Waals surface area contributed by atoms with Gasteiger partial charge in [-0.05, 0) is 24.1 Å². The van der Waals surface area contributed by atoms with E-state index in [1.54, 1.807) is 0 Å². The summed E-state index contributed by atoms with van der Waals surface area (Å²) >= 11 is 6.00. The molecule has 23 heavy (non-hydrogen) atoms. The van der Waals surface area contributed by atoms with Crippen LogP contribution >= 0.6 is 11.6 Å². The molecule has 1 amide bonds. The average molecular weight is 347 g/mol. The Kier molecular flexibility index (Phi) is 4.99. The monoisotopic (exact) mass is 346 g/mol. The van der Waals surface area contributed by atoms with E-state index >= 15 is 0 Å². The van der Waals surface area contributed by atoms with Crippen LogP contribution in [0.4, 0.5) is 18.0 Å². The number of hydrogen-bond donors (Lipinski definition) is 1. The Morgan fingerprint density at radius 3 is 2.83 bits per heavy atom. The van der Waals surface area contributed by atoms with E-state index in [1.165, 1.54) is 43.7 Å². The number of nitrogens with zero attached hydrogens (tertiary/aromatic N) is 1. The molecule has 0 spiro atoms. The fourth-order valence-corrected chi connectivity index (χ4v) is 2.54. The average Bonchev–Trinajstić information content (AvgIpc) is 2.50. The Morgan fingerprint density at radius 2 is 2.22 bits per heavy atom. The van der Waals surface area contributed by atoms with E-state index in [-0.39, 0.29) is 6.42 Å². The number of hydrogen-bond acceptors (Lipinski definition) is 3. The number of nitrogens with one attached hydrogen (secondary N) is 1. The number of alkyl carbamates (subject to hydrolysis) is 1. The highest BCUT2D eigenvalue weighted by Crippen LogP contribution is 2.44. The zero-order valence-electron chi connectivity index (χ0n) is 12.1. The first kappa shape index (κ1) is 17.3. The van der Waals surface area contributed by atoms with Crippen LogP contribution in [0.25, 0.3) is 0 Å². The molecule has 8 heteroatoms. The predicted octanol–water partition coefficient (Wildman–Crippen LogP) is 3.68. The van der Waals surface area contributed by atoms with Crippen LogP contribution < -0.4 is 5.32 Å². The maximum absolute atomic E-state index is 13.7. The van der Waals surface area contributed by atoms with Gasteiger partial charge in [-0.25, -0.2) is 4.79 Å². The Labute approximate surface area is 136 Å². The van der Waals surface area contributed by atoms with Crippen LogP contribution in [0.2, 0.25) is 5.02 Å². The van der Waals surface area contributed by atoms with Crippen molar-refractivity contribution in [1.29, 1.82) is 0 Å². The number of pyridine rings is 1. The lowest BCUT2D eigenvalue weighted by atomic mass is 9.79. The lowest BCUT2D eigenvalue weighted by Gasteiger charge is -2.39. The number of ether oxygens (including phenoxy) is 1. The lowest BCUT2D eigenvalue weighted by molar-refractivity contribution is -0.251. The topological polar surface area (TPSA) is 51.2 Å². The molecule has 2 atom stereocenters. The first-order chi connectivity index (χ1) is 10.8. The number of carbonyl (C=O) groups excluding carboxylic acids is 1. The van der Waals surface area contributed by atoms with Crippen molar-refractivity contribution in [3.05, 3.63) is 53.4 Å². The second-order valence-corrected chi connectivity index (χ2v) is 5.36. The molecule has 0 saturated heterocycles. The summed E-state index contributed by atoms with van der Waals surface area (Å²) < 4.78 is 45.9. The Bertz CT molecular complexity index is 646. The number of rotatable bonds is 3. The van der Waals surface area contributed by atoms with Crippen LogP contribution in [0.15, 0.2) is 42.8 Å². The molecule has 2 unspecified atom stereocenters. The molecule has 2 rings (SSSR count). The molecule has 1 aliphatic rings. The van der Waals surface area contributed by atoms with E-state index in [0.717, 1.165) is 6.08 Å². The van der Waals surface area contributed by atoms with Crippen molar-refractivity contribution in [3.63, 3.8) is 0 Å². The smallest absolute Gasteiger partial charge is 0.428 e. The van der Waals surface area contributed by atoms with Crippen LogP contribution in [-0.4, -0.2) is 29.9 Å². The molecule has 1 heterocycles. The molecule has 4 nitrogen and oxygen atoms in total. The van der Waals surface area contributed by atoms with E-state index in [1.807, 2.05) is 5.32 Å². The highest BCUT2D eigenvalue weighted by atomic mass is 35.5. The maximum atomic E-state index is 13.7. The van der Waals surface area contributed by atoms with Crippen molar-refractivity contribution in [3.8, 4) is 0 Å². The quantitative estimate of drug-likeness (QED) is 0.908. The van der Waals surface area contributed by atoms with E-state index in [2.05, 4.69) is 4.98 Å². The largest absolute Gasteiger partial charge is 0.432 e. The summed E-state index contributed by atoms with van der Waals surface area (Å²) in [6, 6.07) is 1.49. The van der Waals surface area contributed by atoms with Crippen LogP contribution in [0, 0.1) is 5.92 Å². The Balaban J connectivity index is 2.41. The van der Waals surface area contributed by atoms with Crippen LogP contribution in [0.1, 0.15) is 5.56 Å². The first-order valence-electron chi connectivity index (χ1n) is 6.72. The van der Waals surface area contributed by atoms with Gasteiger partial charge in [0.2, 0.25) is 5.60 Å². The van der Waals surface area contributed by atoms with E-state index in [4.69, 9.17) is 16.3 Å². The van der Waals surface area contributed by atoms with E-state index in [9.17, 15) is 18.0 Å². The molecule has 0 radical (unpaired) electrons. The van der Waals surface area contributed by atoms with Gasteiger partial charge in [0, 0.05) is 30.4 Å². The van der Waals surface area contributed by atoms with Gasteiger partial charge >= 0.3 is 12.3 Å². The molecule has 1 N–H and O–H groups in total. The predicted molar refractivity (Wildman–Crippen MR) is 79.0 cm³/mol. The van der Waals surface area contributed by atoms with Gasteiger partial charge in [-0.3, -0.25) is 4.98 Å². The molecule has 0 aromatic carbocycles. The van der Waals surface area contributed by atoms with Crippen molar-refractivity contribution >= 4 is 17.7 Å². The third-order valence-corrected chi connectivity index (χ3v) is 3.91. The fourth-order valence-electron chi connectivity index (χ4n) is 2.36. The van der Waals surface area contributed by atoms with E-state index < -0.39 is 23.8 Å². The lowest BCUT2D eigenvalue weighted by Crippen LogP contribution is -2.55. The van der Waals surface area contributed by atoms with Gasteiger partial charge in [-0.2, -0.15) is 13.2 Å². The third-order valence-electron chi connectivity index (χ3n) is 3.54. The summed E-state index contributed by atoms with van der Waals surface area (Å²) in [5.74, 6) is -1.16. The molecule has 124 valence electrons. The molecule has 0 aliphatic heterocycles. The zero-order chi connectivity index (χ0) is 17.1. The summed E-state index contributed by atoms with van der Waals surface area (Å²) in [5.41, 5.74) is -2.32. The molecule has 1 aliphatic carbocycles. The van der Waals surface area contributed by atoms with Crippen LogP contribution in [-0.2, 0) is 11.2 Å². The summed E-state index contributed by atoms with van der Waals surface area (Å²) in [5, 5.41) is 2.35. The third kappa shape index (κ3) is 3.50. The standard InChI is InChI=1S/C15H14ClF3N2O2/c1-20-13(22)23-14(15(17,18)19)6-3-2-4-11(14)8-10-9-21-7-5-12(10)16/h2-7,9,11H,8H2,1H3,(H,20,22). The number of alkyl halides is 3. The van der Waals surface area contributed by atoms with Crippen molar-refractivity contribution in [2.24, 2.45) is 5.92 Å². The zero-order valence-corrected chi connectivity index (χ0v) is 12.9. The van der Waals surface area contributed by atoms with Gasteiger partial charge in [0.25, 0.3) is 0 Å². The number of halogens is 4. The van der Waals surface area contributed by atoms with Crippen LogP contribution in [0.5, 0.6) is 0 Å². The molecule has 0 saturated carbocycles. The summed E-state index contributed by atoms with van der Waals surface area (Å²) in [6.45, 7) is 0. The number of carbonyl (C=O) groups is 1. The number of amides is 1. The minimum absolute atomic E-state index is 0.0793. The minimum atomic E-state index is -4.79.